The number of rotatable bonds is 4. The first-order valence-corrected chi connectivity index (χ1v) is 8.88. The Bertz CT molecular complexity index is 819. The van der Waals surface area contributed by atoms with Gasteiger partial charge in [0.15, 0.2) is 0 Å². The zero-order valence-corrected chi connectivity index (χ0v) is 15.3. The second-order valence-electron chi connectivity index (χ2n) is 7.34. The van der Waals surface area contributed by atoms with Gasteiger partial charge in [-0.2, -0.15) is 0 Å². The summed E-state index contributed by atoms with van der Waals surface area (Å²) in [4.78, 5) is 27.1. The predicted molar refractivity (Wildman–Crippen MR) is 103 cm³/mol. The highest BCUT2D eigenvalue weighted by atomic mass is 16.2. The number of hydrogen-bond acceptors (Lipinski definition) is 3. The van der Waals surface area contributed by atoms with Gasteiger partial charge in [0, 0.05) is 29.9 Å². The minimum Gasteiger partial charge on any atom is -0.338 e. The number of nitrogens with zero attached hydrogens (tertiary/aromatic N) is 1. The molecule has 5 heteroatoms. The minimum atomic E-state index is -0.185. The molecule has 2 aromatic rings. The Morgan fingerprint density at radius 3 is 2.54 bits per heavy atom. The molecule has 1 aliphatic rings. The highest BCUT2D eigenvalue weighted by Gasteiger charge is 2.35. The molecule has 0 aliphatic carbocycles. The van der Waals surface area contributed by atoms with E-state index in [1.54, 1.807) is 18.2 Å². The average molecular weight is 351 g/mol. The van der Waals surface area contributed by atoms with Crippen molar-refractivity contribution in [3.63, 3.8) is 0 Å². The first-order chi connectivity index (χ1) is 12.4. The number of carbonyl (C=O) groups is 2. The van der Waals surface area contributed by atoms with Crippen molar-refractivity contribution in [2.45, 2.75) is 20.3 Å². The smallest absolute Gasteiger partial charge is 0.255 e. The topological polar surface area (TPSA) is 75.4 Å². The number of hydrogen-bond donors (Lipinski definition) is 2. The Kier molecular flexibility index (Phi) is 5.09. The molecule has 1 atom stereocenters. The molecule has 136 valence electrons. The molecule has 1 fully saturated rings. The van der Waals surface area contributed by atoms with Crippen LogP contribution < -0.4 is 11.1 Å². The lowest BCUT2D eigenvalue weighted by Gasteiger charge is -2.23. The molecule has 0 radical (unpaired) electrons. The Morgan fingerprint density at radius 1 is 1.15 bits per heavy atom. The fourth-order valence-electron chi connectivity index (χ4n) is 3.22. The van der Waals surface area contributed by atoms with Gasteiger partial charge >= 0.3 is 0 Å². The van der Waals surface area contributed by atoms with Crippen LogP contribution >= 0.6 is 0 Å². The molecule has 0 aromatic heterocycles. The second kappa shape index (κ2) is 7.30. The summed E-state index contributed by atoms with van der Waals surface area (Å²) < 4.78 is 0. The lowest BCUT2D eigenvalue weighted by Crippen LogP contribution is -2.34. The van der Waals surface area contributed by atoms with Crippen LogP contribution in [0, 0.1) is 12.3 Å². The van der Waals surface area contributed by atoms with E-state index in [2.05, 4.69) is 12.2 Å². The number of nitrogens with one attached hydrogen (secondary N) is 1. The molecule has 1 aliphatic heterocycles. The molecule has 1 saturated heterocycles. The molecule has 2 aromatic carbocycles. The molecule has 3 rings (SSSR count). The number of nitrogens with two attached hydrogens (primary N) is 1. The largest absolute Gasteiger partial charge is 0.338 e. The van der Waals surface area contributed by atoms with Crippen molar-refractivity contribution in [3.05, 3.63) is 65.2 Å². The molecule has 5 nitrogen and oxygen atoms in total. The first kappa shape index (κ1) is 18.1. The normalized spacial score (nSPS) is 19.4. The number of anilines is 1. The van der Waals surface area contributed by atoms with Crippen molar-refractivity contribution in [2.24, 2.45) is 11.1 Å². The second-order valence-corrected chi connectivity index (χ2v) is 7.34. The van der Waals surface area contributed by atoms with E-state index in [0.717, 1.165) is 12.0 Å². The molecule has 1 unspecified atom stereocenters. The van der Waals surface area contributed by atoms with Gasteiger partial charge in [-0.3, -0.25) is 9.59 Å². The molecule has 26 heavy (non-hydrogen) atoms. The summed E-state index contributed by atoms with van der Waals surface area (Å²) in [6, 6.07) is 14.5. The maximum absolute atomic E-state index is 12.8. The molecule has 1 heterocycles. The zero-order valence-electron chi connectivity index (χ0n) is 15.3. The third-order valence-electron chi connectivity index (χ3n) is 5.11. The van der Waals surface area contributed by atoms with Gasteiger partial charge in [0.05, 0.1) is 0 Å². The van der Waals surface area contributed by atoms with Gasteiger partial charge in [0.2, 0.25) is 0 Å². The lowest BCUT2D eigenvalue weighted by molar-refractivity contribution is 0.0776. The molecular weight excluding hydrogens is 326 g/mol. The zero-order chi connectivity index (χ0) is 18.7. The molecule has 2 amide bonds. The summed E-state index contributed by atoms with van der Waals surface area (Å²) in [7, 11) is 0. The van der Waals surface area contributed by atoms with E-state index < -0.39 is 0 Å². The molecule has 0 saturated carbocycles. The van der Waals surface area contributed by atoms with Gasteiger partial charge in [0.1, 0.15) is 0 Å². The van der Waals surface area contributed by atoms with Crippen molar-refractivity contribution >= 4 is 17.5 Å². The number of carbonyl (C=O) groups excluding carboxylic acids is 2. The number of amides is 2. The van der Waals surface area contributed by atoms with Crippen LogP contribution in [0.15, 0.2) is 48.5 Å². The maximum Gasteiger partial charge on any atom is 0.255 e. The van der Waals surface area contributed by atoms with Crippen molar-refractivity contribution in [2.75, 3.05) is 25.0 Å². The van der Waals surface area contributed by atoms with Crippen molar-refractivity contribution < 1.29 is 9.59 Å². The predicted octanol–water partition coefficient (Wildman–Crippen LogP) is 3.06. The molecular formula is C21H25N3O2. The number of aryl methyl sites for hydroxylation is 1. The Labute approximate surface area is 154 Å². The summed E-state index contributed by atoms with van der Waals surface area (Å²) >= 11 is 0. The average Bonchev–Trinajstić information content (AvgIpc) is 3.06. The van der Waals surface area contributed by atoms with Crippen LogP contribution in [-0.2, 0) is 0 Å². The van der Waals surface area contributed by atoms with E-state index in [4.69, 9.17) is 5.73 Å². The number of likely N-dealkylation sites (tertiary alicyclic amines) is 1. The molecule has 0 spiro atoms. The van der Waals surface area contributed by atoms with Crippen LogP contribution in [0.3, 0.4) is 0 Å². The first-order valence-electron chi connectivity index (χ1n) is 8.88. The van der Waals surface area contributed by atoms with Gasteiger partial charge < -0.3 is 16.0 Å². The van der Waals surface area contributed by atoms with Gasteiger partial charge in [-0.15, -0.1) is 0 Å². The van der Waals surface area contributed by atoms with E-state index >= 15 is 0 Å². The van der Waals surface area contributed by atoms with E-state index in [-0.39, 0.29) is 17.2 Å². The highest BCUT2D eigenvalue weighted by molar-refractivity contribution is 6.05. The summed E-state index contributed by atoms with van der Waals surface area (Å²) in [5, 5.41) is 2.91. The van der Waals surface area contributed by atoms with Crippen LogP contribution in [0.5, 0.6) is 0 Å². The van der Waals surface area contributed by atoms with Crippen molar-refractivity contribution in [1.29, 1.82) is 0 Å². The Balaban J connectivity index is 1.77. The Morgan fingerprint density at radius 2 is 1.88 bits per heavy atom. The highest BCUT2D eigenvalue weighted by Crippen LogP contribution is 2.30. The van der Waals surface area contributed by atoms with E-state index in [1.165, 1.54) is 0 Å². The van der Waals surface area contributed by atoms with Crippen molar-refractivity contribution in [3.8, 4) is 0 Å². The van der Waals surface area contributed by atoms with Crippen LogP contribution in [0.2, 0.25) is 0 Å². The summed E-state index contributed by atoms with van der Waals surface area (Å²) in [6.07, 6.45) is 0.915. The van der Waals surface area contributed by atoms with Crippen LogP contribution in [0.25, 0.3) is 0 Å². The van der Waals surface area contributed by atoms with E-state index in [1.807, 2.05) is 42.2 Å². The summed E-state index contributed by atoms with van der Waals surface area (Å²) in [5.41, 5.74) is 8.57. The molecule has 3 N–H and O–H groups in total. The summed E-state index contributed by atoms with van der Waals surface area (Å²) in [5.74, 6) is -0.201. The maximum atomic E-state index is 12.8. The fourth-order valence-corrected chi connectivity index (χ4v) is 3.22. The van der Waals surface area contributed by atoms with Crippen LogP contribution in [0.1, 0.15) is 39.6 Å². The van der Waals surface area contributed by atoms with Crippen LogP contribution in [0.4, 0.5) is 5.69 Å². The number of benzene rings is 2. The van der Waals surface area contributed by atoms with Gasteiger partial charge in [-0.05, 0) is 55.1 Å². The van der Waals surface area contributed by atoms with Crippen LogP contribution in [-0.4, -0.2) is 36.3 Å². The minimum absolute atomic E-state index is 0.00921. The van der Waals surface area contributed by atoms with Gasteiger partial charge in [-0.1, -0.05) is 31.2 Å². The molecule has 0 bridgehead atoms. The fraction of sp³-hybridized carbons (Fsp3) is 0.333. The van der Waals surface area contributed by atoms with E-state index in [0.29, 0.717) is 36.4 Å². The van der Waals surface area contributed by atoms with E-state index in [9.17, 15) is 9.59 Å². The quantitative estimate of drug-likeness (QED) is 0.889. The lowest BCUT2D eigenvalue weighted by atomic mass is 9.90. The summed E-state index contributed by atoms with van der Waals surface area (Å²) in [6.45, 7) is 5.98. The third kappa shape index (κ3) is 3.78. The van der Waals surface area contributed by atoms with Gasteiger partial charge in [-0.25, -0.2) is 0 Å². The standard InChI is InChI=1S/C21H25N3O2/c1-15-8-9-17(20(26)24-11-10-21(2,13-22)14-24)12-18(15)23-19(25)16-6-4-3-5-7-16/h3-9,12H,10-11,13-14,22H2,1-2H3,(H,23,25). The Hall–Kier alpha value is -2.66. The third-order valence-corrected chi connectivity index (χ3v) is 5.11. The van der Waals surface area contributed by atoms with Gasteiger partial charge in [0.25, 0.3) is 11.8 Å². The van der Waals surface area contributed by atoms with Crippen molar-refractivity contribution in [1.82, 2.24) is 4.90 Å². The monoisotopic (exact) mass is 351 g/mol. The SMILES string of the molecule is Cc1ccc(C(=O)N2CCC(C)(CN)C2)cc1NC(=O)c1ccccc1.